The molecular formula is C12H21NS. The smallest absolute Gasteiger partial charge is 0.0545 e. The van der Waals surface area contributed by atoms with Crippen molar-refractivity contribution in [3.05, 3.63) is 0 Å². The minimum absolute atomic E-state index is 0.776. The zero-order valence-electron chi connectivity index (χ0n) is 9.09. The second-order valence-electron chi connectivity index (χ2n) is 4.17. The van der Waals surface area contributed by atoms with Gasteiger partial charge in [-0.1, -0.05) is 12.8 Å². The van der Waals surface area contributed by atoms with Gasteiger partial charge in [-0.25, -0.2) is 0 Å². The summed E-state index contributed by atoms with van der Waals surface area (Å²) < 4.78 is 0. The molecule has 1 nitrogen and oxygen atoms in total. The van der Waals surface area contributed by atoms with Crippen LogP contribution in [0.3, 0.4) is 0 Å². The number of thioether (sulfide) groups is 1. The fraction of sp³-hybridized carbons (Fsp3) is 0.833. The van der Waals surface area contributed by atoms with Crippen LogP contribution in [0.2, 0.25) is 0 Å². The van der Waals surface area contributed by atoms with Gasteiger partial charge in [0, 0.05) is 18.3 Å². The number of terminal acetylenes is 1. The first-order chi connectivity index (χ1) is 6.83. The standard InChI is InChI=1S/C12H21NS/c1-3-9-14-10-8-13-12-6-4-11(2)5-7-12/h1,11-13H,4-10H2,2H3. The molecule has 14 heavy (non-hydrogen) atoms. The van der Waals surface area contributed by atoms with Crippen LogP contribution in [-0.4, -0.2) is 24.1 Å². The fourth-order valence-corrected chi connectivity index (χ4v) is 2.45. The van der Waals surface area contributed by atoms with Crippen molar-refractivity contribution in [1.29, 1.82) is 0 Å². The molecule has 0 atom stereocenters. The van der Waals surface area contributed by atoms with Gasteiger partial charge in [0.05, 0.1) is 5.75 Å². The van der Waals surface area contributed by atoms with Crippen LogP contribution in [-0.2, 0) is 0 Å². The molecule has 0 bridgehead atoms. The van der Waals surface area contributed by atoms with Crippen LogP contribution in [0.1, 0.15) is 32.6 Å². The van der Waals surface area contributed by atoms with Crippen LogP contribution in [0, 0.1) is 18.3 Å². The molecule has 1 aliphatic carbocycles. The maximum Gasteiger partial charge on any atom is 0.0545 e. The topological polar surface area (TPSA) is 12.0 Å². The first kappa shape index (κ1) is 11.9. The zero-order valence-corrected chi connectivity index (χ0v) is 9.91. The van der Waals surface area contributed by atoms with Crippen LogP contribution >= 0.6 is 11.8 Å². The molecule has 0 aromatic carbocycles. The van der Waals surface area contributed by atoms with E-state index < -0.39 is 0 Å². The Morgan fingerprint density at radius 2 is 2.07 bits per heavy atom. The van der Waals surface area contributed by atoms with Crippen LogP contribution in [0.15, 0.2) is 0 Å². The first-order valence-electron chi connectivity index (χ1n) is 5.57. The highest BCUT2D eigenvalue weighted by atomic mass is 32.2. The van der Waals surface area contributed by atoms with Crippen molar-refractivity contribution in [1.82, 2.24) is 5.32 Å². The summed E-state index contributed by atoms with van der Waals surface area (Å²) in [5.41, 5.74) is 0. The van der Waals surface area contributed by atoms with Crippen molar-refractivity contribution in [3.63, 3.8) is 0 Å². The van der Waals surface area contributed by atoms with E-state index >= 15 is 0 Å². The van der Waals surface area contributed by atoms with Crippen molar-refractivity contribution in [3.8, 4) is 12.3 Å². The first-order valence-corrected chi connectivity index (χ1v) is 6.73. The van der Waals surface area contributed by atoms with Gasteiger partial charge in [-0.2, -0.15) is 0 Å². The number of hydrogen-bond acceptors (Lipinski definition) is 2. The number of rotatable bonds is 5. The average Bonchev–Trinajstić information content (AvgIpc) is 2.21. The summed E-state index contributed by atoms with van der Waals surface area (Å²) in [4.78, 5) is 0. The van der Waals surface area contributed by atoms with Crippen molar-refractivity contribution in [2.45, 2.75) is 38.6 Å². The van der Waals surface area contributed by atoms with E-state index in [1.807, 2.05) is 11.8 Å². The van der Waals surface area contributed by atoms with Gasteiger partial charge in [-0.3, -0.25) is 0 Å². The molecule has 0 amide bonds. The highest BCUT2D eigenvalue weighted by Gasteiger charge is 2.16. The Morgan fingerprint density at radius 1 is 1.36 bits per heavy atom. The summed E-state index contributed by atoms with van der Waals surface area (Å²) in [5.74, 6) is 5.59. The summed E-state index contributed by atoms with van der Waals surface area (Å²) in [6.45, 7) is 3.48. The Labute approximate surface area is 92.4 Å². The minimum atomic E-state index is 0.776. The monoisotopic (exact) mass is 211 g/mol. The lowest BCUT2D eigenvalue weighted by Gasteiger charge is -2.26. The van der Waals surface area contributed by atoms with E-state index in [-0.39, 0.29) is 0 Å². The second-order valence-corrected chi connectivity index (χ2v) is 5.27. The van der Waals surface area contributed by atoms with E-state index in [2.05, 4.69) is 18.2 Å². The summed E-state index contributed by atoms with van der Waals surface area (Å²) in [5, 5.41) is 3.61. The van der Waals surface area contributed by atoms with Gasteiger partial charge >= 0.3 is 0 Å². The Balaban J connectivity index is 1.94. The van der Waals surface area contributed by atoms with Crippen molar-refractivity contribution in [2.75, 3.05) is 18.1 Å². The molecule has 0 spiro atoms. The van der Waals surface area contributed by atoms with E-state index in [0.29, 0.717) is 0 Å². The van der Waals surface area contributed by atoms with E-state index in [4.69, 9.17) is 6.42 Å². The van der Waals surface area contributed by atoms with E-state index in [1.54, 1.807) is 0 Å². The lowest BCUT2D eigenvalue weighted by molar-refractivity contribution is 0.312. The maximum absolute atomic E-state index is 5.18. The molecule has 0 heterocycles. The Morgan fingerprint density at radius 3 is 2.71 bits per heavy atom. The molecule has 0 aromatic rings. The van der Waals surface area contributed by atoms with Gasteiger partial charge in [0.1, 0.15) is 0 Å². The van der Waals surface area contributed by atoms with E-state index in [1.165, 1.54) is 25.7 Å². The van der Waals surface area contributed by atoms with Gasteiger partial charge in [-0.05, 0) is 31.6 Å². The molecular weight excluding hydrogens is 190 g/mol. The molecule has 0 aromatic heterocycles. The quantitative estimate of drug-likeness (QED) is 0.554. The molecule has 0 radical (unpaired) electrons. The minimum Gasteiger partial charge on any atom is -0.313 e. The van der Waals surface area contributed by atoms with Gasteiger partial charge in [-0.15, -0.1) is 18.2 Å². The van der Waals surface area contributed by atoms with Crippen LogP contribution in [0.5, 0.6) is 0 Å². The number of hydrogen-bond donors (Lipinski definition) is 1. The normalized spacial score (nSPS) is 27.1. The fourth-order valence-electron chi connectivity index (χ4n) is 1.93. The van der Waals surface area contributed by atoms with E-state index in [9.17, 15) is 0 Å². The molecule has 2 heteroatoms. The molecule has 1 saturated carbocycles. The van der Waals surface area contributed by atoms with Gasteiger partial charge < -0.3 is 5.32 Å². The molecule has 0 aliphatic heterocycles. The average molecular weight is 211 g/mol. The third kappa shape index (κ3) is 4.93. The predicted octanol–water partition coefficient (Wildman–Crippen LogP) is 2.52. The summed E-state index contributed by atoms with van der Waals surface area (Å²) in [7, 11) is 0. The van der Waals surface area contributed by atoms with Crippen LogP contribution < -0.4 is 5.32 Å². The Kier molecular flexibility index (Phi) is 6.14. The lowest BCUT2D eigenvalue weighted by Crippen LogP contribution is -2.34. The largest absolute Gasteiger partial charge is 0.313 e. The third-order valence-electron chi connectivity index (χ3n) is 2.88. The van der Waals surface area contributed by atoms with Gasteiger partial charge in [0.25, 0.3) is 0 Å². The lowest BCUT2D eigenvalue weighted by atomic mass is 9.87. The van der Waals surface area contributed by atoms with Gasteiger partial charge in [0.15, 0.2) is 0 Å². The predicted molar refractivity (Wildman–Crippen MR) is 65.6 cm³/mol. The SMILES string of the molecule is C#CCSCCNC1CCC(C)CC1. The molecule has 1 rings (SSSR count). The van der Waals surface area contributed by atoms with Crippen LogP contribution in [0.25, 0.3) is 0 Å². The van der Waals surface area contributed by atoms with E-state index in [0.717, 1.165) is 30.0 Å². The van der Waals surface area contributed by atoms with Crippen molar-refractivity contribution >= 4 is 11.8 Å². The van der Waals surface area contributed by atoms with Crippen molar-refractivity contribution in [2.24, 2.45) is 5.92 Å². The zero-order chi connectivity index (χ0) is 10.2. The number of nitrogens with one attached hydrogen (secondary N) is 1. The summed E-state index contributed by atoms with van der Waals surface area (Å²) in [6, 6.07) is 0.776. The molecule has 0 unspecified atom stereocenters. The molecule has 0 saturated heterocycles. The van der Waals surface area contributed by atoms with Gasteiger partial charge in [0.2, 0.25) is 0 Å². The summed E-state index contributed by atoms with van der Waals surface area (Å²) in [6.07, 6.45) is 10.7. The molecule has 80 valence electrons. The second kappa shape index (κ2) is 7.20. The highest BCUT2D eigenvalue weighted by Crippen LogP contribution is 2.23. The Hall–Kier alpha value is -0.130. The maximum atomic E-state index is 5.18. The molecule has 1 aliphatic rings. The molecule has 1 fully saturated rings. The highest BCUT2D eigenvalue weighted by molar-refractivity contribution is 7.99. The van der Waals surface area contributed by atoms with Crippen LogP contribution in [0.4, 0.5) is 0 Å². The third-order valence-corrected chi connectivity index (χ3v) is 3.74. The Bertz CT molecular complexity index is 177. The van der Waals surface area contributed by atoms with Crippen molar-refractivity contribution < 1.29 is 0 Å². The summed E-state index contributed by atoms with van der Waals surface area (Å²) >= 11 is 1.84. The molecule has 1 N–H and O–H groups in total.